The van der Waals surface area contributed by atoms with Gasteiger partial charge in [-0.3, -0.25) is 0 Å². The maximum atomic E-state index is 3.74. The Balaban J connectivity index is 3.44. The van der Waals surface area contributed by atoms with Gasteiger partial charge >= 0.3 is 0 Å². The lowest BCUT2D eigenvalue weighted by atomic mass is 10.1. The average molecular weight is 150 g/mol. The van der Waals surface area contributed by atoms with E-state index >= 15 is 0 Å². The van der Waals surface area contributed by atoms with Crippen molar-refractivity contribution in [2.24, 2.45) is 0 Å². The Morgan fingerprint density at radius 2 is 2.09 bits per heavy atom. The van der Waals surface area contributed by atoms with Crippen LogP contribution in [0.1, 0.15) is 33.1 Å². The minimum Gasteiger partial charge on any atom is -0.0988 e. The summed E-state index contributed by atoms with van der Waals surface area (Å²) in [5.41, 5.74) is 1.36. The van der Waals surface area contributed by atoms with Gasteiger partial charge in [-0.15, -0.1) is 0 Å². The Kier molecular flexibility index (Phi) is 6.81. The van der Waals surface area contributed by atoms with Gasteiger partial charge in [0.1, 0.15) is 0 Å². The van der Waals surface area contributed by atoms with Crippen molar-refractivity contribution in [1.29, 1.82) is 0 Å². The number of rotatable bonds is 5. The molecule has 0 bridgehead atoms. The zero-order chi connectivity index (χ0) is 8.53. The molecular weight excluding hydrogens is 132 g/mol. The van der Waals surface area contributed by atoms with Gasteiger partial charge in [0.15, 0.2) is 0 Å². The molecule has 0 unspecified atom stereocenters. The quantitative estimate of drug-likeness (QED) is 0.317. The number of hydrogen-bond acceptors (Lipinski definition) is 0. The zero-order valence-corrected chi connectivity index (χ0v) is 7.64. The number of unbranched alkanes of at least 4 members (excludes halogenated alkanes) is 1. The van der Waals surface area contributed by atoms with Gasteiger partial charge in [0, 0.05) is 0 Å². The minimum absolute atomic E-state index is 1.16. The van der Waals surface area contributed by atoms with Gasteiger partial charge in [-0.05, 0) is 33.1 Å². The first-order valence-corrected chi connectivity index (χ1v) is 4.24. The minimum atomic E-state index is 1.16. The van der Waals surface area contributed by atoms with E-state index < -0.39 is 0 Å². The summed E-state index contributed by atoms with van der Waals surface area (Å²) in [5, 5.41) is 0. The molecule has 0 heterocycles. The van der Waals surface area contributed by atoms with Gasteiger partial charge in [0.05, 0.1) is 0 Å². The summed E-state index contributed by atoms with van der Waals surface area (Å²) in [6, 6.07) is 0. The van der Waals surface area contributed by atoms with Crippen LogP contribution in [0.4, 0.5) is 0 Å². The van der Waals surface area contributed by atoms with Crippen molar-refractivity contribution in [3.8, 4) is 0 Å². The van der Waals surface area contributed by atoms with Crippen LogP contribution in [0.2, 0.25) is 0 Å². The second-order valence-corrected chi connectivity index (χ2v) is 2.53. The van der Waals surface area contributed by atoms with Crippen LogP contribution in [-0.2, 0) is 0 Å². The Morgan fingerprint density at radius 1 is 1.36 bits per heavy atom. The van der Waals surface area contributed by atoms with Gasteiger partial charge in [0.25, 0.3) is 0 Å². The van der Waals surface area contributed by atoms with Crippen molar-refractivity contribution in [3.05, 3.63) is 36.5 Å². The molecule has 0 atom stereocenters. The average Bonchev–Trinajstić information content (AvgIpc) is 2.05. The smallest absolute Gasteiger partial charge is 0.0279 e. The normalized spacial score (nSPS) is 12.4. The largest absolute Gasteiger partial charge is 0.0988 e. The molecule has 62 valence electrons. The molecule has 0 heteroatoms. The van der Waals surface area contributed by atoms with Crippen LogP contribution in [0.3, 0.4) is 0 Å². The SMILES string of the molecule is C=CC(=CC)CCCC=CC. The third-order valence-corrected chi connectivity index (χ3v) is 1.70. The predicted octanol–water partition coefficient (Wildman–Crippen LogP) is 3.87. The summed E-state index contributed by atoms with van der Waals surface area (Å²) in [7, 11) is 0. The molecular formula is C11H18. The van der Waals surface area contributed by atoms with Crippen LogP contribution in [0.25, 0.3) is 0 Å². The molecule has 0 nitrogen and oxygen atoms in total. The molecule has 0 spiro atoms. The summed E-state index contributed by atoms with van der Waals surface area (Å²) in [6.07, 6.45) is 11.9. The van der Waals surface area contributed by atoms with E-state index in [4.69, 9.17) is 0 Å². The van der Waals surface area contributed by atoms with Crippen LogP contribution in [0, 0.1) is 0 Å². The molecule has 0 saturated heterocycles. The van der Waals surface area contributed by atoms with Gasteiger partial charge < -0.3 is 0 Å². The summed E-state index contributed by atoms with van der Waals surface area (Å²) in [4.78, 5) is 0. The fraction of sp³-hybridized carbons (Fsp3) is 0.455. The molecule has 0 aromatic rings. The molecule has 0 aromatic carbocycles. The lowest BCUT2D eigenvalue weighted by Crippen LogP contribution is -1.77. The van der Waals surface area contributed by atoms with Crippen LogP contribution < -0.4 is 0 Å². The van der Waals surface area contributed by atoms with E-state index in [1.54, 1.807) is 0 Å². The first-order valence-electron chi connectivity index (χ1n) is 4.24. The lowest BCUT2D eigenvalue weighted by Gasteiger charge is -1.97. The van der Waals surface area contributed by atoms with E-state index in [-0.39, 0.29) is 0 Å². The monoisotopic (exact) mass is 150 g/mol. The maximum absolute atomic E-state index is 3.74. The van der Waals surface area contributed by atoms with Crippen LogP contribution in [-0.4, -0.2) is 0 Å². The highest BCUT2D eigenvalue weighted by molar-refractivity contribution is 5.14. The van der Waals surface area contributed by atoms with Gasteiger partial charge in [-0.1, -0.05) is 36.5 Å². The predicted molar refractivity (Wildman–Crippen MR) is 52.6 cm³/mol. The number of hydrogen-bond donors (Lipinski definition) is 0. The molecule has 0 amide bonds. The van der Waals surface area contributed by atoms with Gasteiger partial charge in [-0.25, -0.2) is 0 Å². The molecule has 0 N–H and O–H groups in total. The third-order valence-electron chi connectivity index (χ3n) is 1.70. The molecule has 0 saturated carbocycles. The van der Waals surface area contributed by atoms with E-state index in [9.17, 15) is 0 Å². The van der Waals surface area contributed by atoms with Crippen molar-refractivity contribution < 1.29 is 0 Å². The van der Waals surface area contributed by atoms with E-state index in [0.717, 1.165) is 6.42 Å². The van der Waals surface area contributed by atoms with Crippen molar-refractivity contribution in [1.82, 2.24) is 0 Å². The van der Waals surface area contributed by atoms with Gasteiger partial charge in [0.2, 0.25) is 0 Å². The molecule has 11 heavy (non-hydrogen) atoms. The van der Waals surface area contributed by atoms with Crippen LogP contribution in [0.5, 0.6) is 0 Å². The van der Waals surface area contributed by atoms with Crippen LogP contribution >= 0.6 is 0 Å². The fourth-order valence-electron chi connectivity index (χ4n) is 0.955. The van der Waals surface area contributed by atoms with E-state index in [2.05, 4.69) is 38.7 Å². The molecule has 0 aromatic heterocycles. The Morgan fingerprint density at radius 3 is 2.55 bits per heavy atom. The highest BCUT2D eigenvalue weighted by Gasteiger charge is 1.88. The molecule has 0 fully saturated rings. The van der Waals surface area contributed by atoms with Crippen molar-refractivity contribution >= 4 is 0 Å². The second-order valence-electron chi connectivity index (χ2n) is 2.53. The standard InChI is InChI=1S/C11H18/c1-4-7-8-9-10-11(5-2)6-3/h4-7H,2,8-10H2,1,3H3. The van der Waals surface area contributed by atoms with Crippen molar-refractivity contribution in [2.45, 2.75) is 33.1 Å². The van der Waals surface area contributed by atoms with E-state index in [1.807, 2.05) is 6.08 Å². The zero-order valence-electron chi connectivity index (χ0n) is 7.64. The molecule has 0 radical (unpaired) electrons. The summed E-state index contributed by atoms with van der Waals surface area (Å²) in [5.74, 6) is 0. The molecule has 0 aliphatic heterocycles. The van der Waals surface area contributed by atoms with Crippen molar-refractivity contribution in [2.75, 3.05) is 0 Å². The topological polar surface area (TPSA) is 0 Å². The van der Waals surface area contributed by atoms with E-state index in [1.165, 1.54) is 18.4 Å². The summed E-state index contributed by atoms with van der Waals surface area (Å²) < 4.78 is 0. The first kappa shape index (κ1) is 10.2. The fourth-order valence-corrected chi connectivity index (χ4v) is 0.955. The maximum Gasteiger partial charge on any atom is -0.0279 e. The Hall–Kier alpha value is -0.780. The Labute approximate surface area is 70.3 Å². The molecule has 0 aliphatic rings. The lowest BCUT2D eigenvalue weighted by molar-refractivity contribution is 0.844. The molecule has 0 rings (SSSR count). The molecule has 0 aliphatic carbocycles. The van der Waals surface area contributed by atoms with E-state index in [0.29, 0.717) is 0 Å². The second kappa shape index (κ2) is 7.33. The summed E-state index contributed by atoms with van der Waals surface area (Å²) >= 11 is 0. The first-order chi connectivity index (χ1) is 5.35. The highest BCUT2D eigenvalue weighted by atomic mass is 13.9. The van der Waals surface area contributed by atoms with Gasteiger partial charge in [-0.2, -0.15) is 0 Å². The van der Waals surface area contributed by atoms with Crippen molar-refractivity contribution in [3.63, 3.8) is 0 Å². The third kappa shape index (κ3) is 5.65. The summed E-state index contributed by atoms with van der Waals surface area (Å²) in [6.45, 7) is 7.87. The van der Waals surface area contributed by atoms with Crippen LogP contribution in [0.15, 0.2) is 36.5 Å². The highest BCUT2D eigenvalue weighted by Crippen LogP contribution is 2.07. The Bertz CT molecular complexity index is 149. The number of allylic oxidation sites excluding steroid dienone is 5.